The maximum atomic E-state index is 2.55. The Morgan fingerprint density at radius 2 is 0.757 bits per heavy atom. The topological polar surface area (TPSA) is 3.24 Å². The molecule has 0 radical (unpaired) electrons. The standard InChI is InChI=1S/C68H43NS/c1-2-19-46(20-3-1)67(58-29-10-4-22-50(58)51-23-5-11-30-59(51)67)47-37-39-48(40-38-47)69(49-21-16-18-44(42-49)45-36-41-65-57(43-45)55-27-9-15-35-64(55)70-65)63-34-17-28-56-54-26-8-14-33-62(54)68(66(56)63)60-31-12-6-24-52(60)53-25-7-13-32-61(53)68/h1-43H. The fourth-order valence-corrected chi connectivity index (χ4v) is 14.1. The minimum absolute atomic E-state index is 0.501. The SMILES string of the molecule is c1ccc(C2(c3ccc(N(c4cccc(-c5ccc6sc7ccccc7c6c5)c4)c4cccc5c4C4(c6ccccc6-c6ccccc64)c4ccccc4-5)cc3)c3ccccc3-c3ccccc32)cc1. The van der Waals surface area contributed by atoms with E-state index in [0.717, 1.165) is 11.4 Å². The van der Waals surface area contributed by atoms with Crippen LogP contribution in [0.4, 0.5) is 17.1 Å². The second-order valence-electron chi connectivity index (χ2n) is 19.0. The van der Waals surface area contributed by atoms with Gasteiger partial charge in [-0.3, -0.25) is 0 Å². The number of nitrogens with zero attached hydrogens (tertiary/aromatic N) is 1. The van der Waals surface area contributed by atoms with E-state index in [1.54, 1.807) is 0 Å². The Hall–Kier alpha value is -8.56. The van der Waals surface area contributed by atoms with Gasteiger partial charge in [0.2, 0.25) is 0 Å². The van der Waals surface area contributed by atoms with E-state index in [9.17, 15) is 0 Å². The van der Waals surface area contributed by atoms with Crippen LogP contribution in [0.15, 0.2) is 261 Å². The molecular formula is C68H43NS. The molecule has 0 N–H and O–H groups in total. The normalized spacial score (nSPS) is 13.9. The molecule has 0 aliphatic heterocycles. The summed E-state index contributed by atoms with van der Waals surface area (Å²) in [6.45, 7) is 0. The number of fused-ring (bicyclic) bond motifs is 16. The highest BCUT2D eigenvalue weighted by Crippen LogP contribution is 2.65. The zero-order chi connectivity index (χ0) is 46.0. The maximum absolute atomic E-state index is 2.55. The quantitative estimate of drug-likeness (QED) is 0.161. The fraction of sp³-hybridized carbons (Fsp3) is 0.0294. The monoisotopic (exact) mass is 905 g/mol. The van der Waals surface area contributed by atoms with Crippen LogP contribution in [-0.2, 0) is 10.8 Å². The first kappa shape index (κ1) is 39.4. The third kappa shape index (κ3) is 5.26. The van der Waals surface area contributed by atoms with Gasteiger partial charge in [0.25, 0.3) is 0 Å². The van der Waals surface area contributed by atoms with Crippen LogP contribution >= 0.6 is 11.3 Å². The van der Waals surface area contributed by atoms with Crippen molar-refractivity contribution in [3.63, 3.8) is 0 Å². The summed E-state index contributed by atoms with van der Waals surface area (Å²) in [4.78, 5) is 2.55. The molecule has 0 atom stereocenters. The highest BCUT2D eigenvalue weighted by Gasteiger charge is 2.53. The lowest BCUT2D eigenvalue weighted by Gasteiger charge is -2.36. The number of benzene rings is 11. The van der Waals surface area contributed by atoms with Crippen molar-refractivity contribution in [2.45, 2.75) is 10.8 Å². The van der Waals surface area contributed by atoms with Gasteiger partial charge >= 0.3 is 0 Å². The first-order valence-corrected chi connectivity index (χ1v) is 25.1. The molecule has 0 saturated heterocycles. The molecule has 3 aliphatic carbocycles. The maximum Gasteiger partial charge on any atom is 0.0746 e. The van der Waals surface area contributed by atoms with Crippen LogP contribution in [0, 0.1) is 0 Å². The molecule has 3 aliphatic rings. The first-order chi connectivity index (χ1) is 34.7. The van der Waals surface area contributed by atoms with E-state index in [0.29, 0.717) is 0 Å². The van der Waals surface area contributed by atoms with Crippen molar-refractivity contribution in [3.8, 4) is 44.5 Å². The number of hydrogen-bond acceptors (Lipinski definition) is 2. The Morgan fingerprint density at radius 1 is 0.286 bits per heavy atom. The molecule has 0 amide bonds. The Labute approximate surface area is 411 Å². The van der Waals surface area contributed by atoms with Crippen molar-refractivity contribution in [2.75, 3.05) is 4.90 Å². The summed E-state index contributed by atoms with van der Waals surface area (Å²) < 4.78 is 2.63. The van der Waals surface area contributed by atoms with Gasteiger partial charge < -0.3 is 4.90 Å². The zero-order valence-corrected chi connectivity index (χ0v) is 39.0. The van der Waals surface area contributed by atoms with Crippen molar-refractivity contribution in [2.24, 2.45) is 0 Å². The van der Waals surface area contributed by atoms with Crippen LogP contribution in [0.3, 0.4) is 0 Å². The van der Waals surface area contributed by atoms with E-state index < -0.39 is 10.8 Å². The molecule has 0 unspecified atom stereocenters. The van der Waals surface area contributed by atoms with Crippen LogP contribution < -0.4 is 4.90 Å². The molecule has 0 bridgehead atoms. The van der Waals surface area contributed by atoms with Gasteiger partial charge in [0.15, 0.2) is 0 Å². The molecule has 11 aromatic carbocycles. The number of anilines is 3. The average Bonchev–Trinajstić information content (AvgIpc) is 4.15. The average molecular weight is 906 g/mol. The van der Waals surface area contributed by atoms with Crippen molar-refractivity contribution in [1.29, 1.82) is 0 Å². The summed E-state index contributed by atoms with van der Waals surface area (Å²) in [5.41, 5.74) is 22.9. The van der Waals surface area contributed by atoms with Crippen LogP contribution in [0.25, 0.3) is 64.7 Å². The predicted molar refractivity (Wildman–Crippen MR) is 293 cm³/mol. The van der Waals surface area contributed by atoms with Gasteiger partial charge in [-0.15, -0.1) is 11.3 Å². The summed E-state index contributed by atoms with van der Waals surface area (Å²) in [6.07, 6.45) is 0. The van der Waals surface area contributed by atoms with Gasteiger partial charge in [-0.2, -0.15) is 0 Å². The van der Waals surface area contributed by atoms with E-state index in [4.69, 9.17) is 0 Å². The van der Waals surface area contributed by atoms with Crippen LogP contribution in [0.2, 0.25) is 0 Å². The minimum atomic E-state index is -0.537. The molecule has 1 spiro atoms. The van der Waals surface area contributed by atoms with Gasteiger partial charge in [-0.1, -0.05) is 212 Å². The van der Waals surface area contributed by atoms with Crippen LogP contribution in [0.1, 0.15) is 44.5 Å². The molecule has 1 nitrogen and oxygen atoms in total. The first-order valence-electron chi connectivity index (χ1n) is 24.3. The lowest BCUT2D eigenvalue weighted by Crippen LogP contribution is -2.29. The summed E-state index contributed by atoms with van der Waals surface area (Å²) >= 11 is 1.87. The summed E-state index contributed by atoms with van der Waals surface area (Å²) in [5, 5.41) is 2.61. The van der Waals surface area contributed by atoms with E-state index in [1.165, 1.54) is 115 Å². The molecule has 1 aromatic heterocycles. The van der Waals surface area contributed by atoms with E-state index >= 15 is 0 Å². The molecule has 1 heterocycles. The highest BCUT2D eigenvalue weighted by atomic mass is 32.1. The van der Waals surface area contributed by atoms with Gasteiger partial charge in [0, 0.05) is 37.1 Å². The molecule has 326 valence electrons. The van der Waals surface area contributed by atoms with Crippen LogP contribution in [-0.4, -0.2) is 0 Å². The number of thiophene rings is 1. The predicted octanol–water partition coefficient (Wildman–Crippen LogP) is 17.9. The van der Waals surface area contributed by atoms with E-state index in [2.05, 4.69) is 266 Å². The molecule has 70 heavy (non-hydrogen) atoms. The van der Waals surface area contributed by atoms with Gasteiger partial charge in [-0.05, 0) is 132 Å². The molecule has 2 heteroatoms. The van der Waals surface area contributed by atoms with Gasteiger partial charge in [0.1, 0.15) is 0 Å². The Morgan fingerprint density at radius 3 is 1.39 bits per heavy atom. The van der Waals surface area contributed by atoms with Gasteiger partial charge in [-0.25, -0.2) is 0 Å². The largest absolute Gasteiger partial charge is 0.310 e. The third-order valence-electron chi connectivity index (χ3n) is 15.8. The Kier molecular flexibility index (Phi) is 8.43. The smallest absolute Gasteiger partial charge is 0.0746 e. The van der Waals surface area contributed by atoms with Crippen molar-refractivity contribution < 1.29 is 0 Å². The molecular weight excluding hydrogens is 863 g/mol. The Bertz CT molecular complexity index is 3970. The number of rotatable bonds is 6. The van der Waals surface area contributed by atoms with Crippen molar-refractivity contribution in [3.05, 3.63) is 305 Å². The van der Waals surface area contributed by atoms with Gasteiger partial charge in [0.05, 0.1) is 16.5 Å². The molecule has 15 rings (SSSR count). The van der Waals surface area contributed by atoms with E-state index in [1.807, 2.05) is 11.3 Å². The zero-order valence-electron chi connectivity index (χ0n) is 38.2. The summed E-state index contributed by atoms with van der Waals surface area (Å²) in [7, 11) is 0. The second kappa shape index (κ2) is 15.0. The second-order valence-corrected chi connectivity index (χ2v) is 20.1. The number of hydrogen-bond donors (Lipinski definition) is 0. The van der Waals surface area contributed by atoms with E-state index in [-0.39, 0.29) is 0 Å². The molecule has 0 fully saturated rings. The lowest BCUT2D eigenvalue weighted by atomic mass is 9.67. The Balaban J connectivity index is 0.989. The lowest BCUT2D eigenvalue weighted by molar-refractivity contribution is 0.768. The summed E-state index contributed by atoms with van der Waals surface area (Å²) in [5.74, 6) is 0. The molecule has 12 aromatic rings. The van der Waals surface area contributed by atoms with Crippen LogP contribution in [0.5, 0.6) is 0 Å². The third-order valence-corrected chi connectivity index (χ3v) is 16.9. The van der Waals surface area contributed by atoms with Crippen molar-refractivity contribution in [1.82, 2.24) is 0 Å². The fourth-order valence-electron chi connectivity index (χ4n) is 13.0. The summed E-state index contributed by atoms with van der Waals surface area (Å²) in [6, 6.07) is 98.1. The minimum Gasteiger partial charge on any atom is -0.310 e. The molecule has 0 saturated carbocycles. The van der Waals surface area contributed by atoms with Crippen molar-refractivity contribution >= 4 is 48.6 Å². The highest BCUT2D eigenvalue weighted by molar-refractivity contribution is 7.25.